The molecule has 0 radical (unpaired) electrons. The topological polar surface area (TPSA) is 24.9 Å². The summed E-state index contributed by atoms with van der Waals surface area (Å²) in [6.07, 6.45) is 2.18. The maximum atomic E-state index is 6.06. The molecular weight excluding hydrogens is 220 g/mol. The third kappa shape index (κ3) is 3.38. The van der Waals surface area contributed by atoms with Gasteiger partial charge in [-0.15, -0.1) is 11.6 Å². The van der Waals surface area contributed by atoms with E-state index in [0.29, 0.717) is 5.88 Å². The van der Waals surface area contributed by atoms with Gasteiger partial charge in [-0.25, -0.2) is 4.98 Å². The Morgan fingerprint density at radius 1 is 1.31 bits per heavy atom. The lowest BCUT2D eigenvalue weighted by Gasteiger charge is -2.29. The van der Waals surface area contributed by atoms with Crippen molar-refractivity contribution in [2.24, 2.45) is 5.41 Å². The van der Waals surface area contributed by atoms with Crippen LogP contribution in [0.3, 0.4) is 0 Å². The van der Waals surface area contributed by atoms with Crippen LogP contribution in [0.25, 0.3) is 0 Å². The fraction of sp³-hybridized carbons (Fsp3) is 0.615. The summed E-state index contributed by atoms with van der Waals surface area (Å²) in [5, 5.41) is 3.38. The van der Waals surface area contributed by atoms with Gasteiger partial charge in [0.25, 0.3) is 0 Å². The molecule has 1 N–H and O–H groups in total. The Bertz CT molecular complexity index is 313. The lowest BCUT2D eigenvalue weighted by molar-refractivity contribution is 0.326. The Hall–Kier alpha value is -0.760. The molecule has 0 saturated heterocycles. The molecule has 3 heteroatoms. The van der Waals surface area contributed by atoms with E-state index in [4.69, 9.17) is 11.6 Å². The van der Waals surface area contributed by atoms with Crippen LogP contribution < -0.4 is 5.32 Å². The number of halogens is 1. The van der Waals surface area contributed by atoms with Gasteiger partial charge in [0.2, 0.25) is 0 Å². The van der Waals surface area contributed by atoms with Gasteiger partial charge < -0.3 is 5.32 Å². The molecule has 0 aliphatic carbocycles. The summed E-state index contributed by atoms with van der Waals surface area (Å²) < 4.78 is 0. The summed E-state index contributed by atoms with van der Waals surface area (Å²) in [7, 11) is 0. The lowest BCUT2D eigenvalue weighted by atomic mass is 9.84. The predicted octanol–water partition coefficient (Wildman–Crippen LogP) is 3.85. The predicted molar refractivity (Wildman–Crippen MR) is 71.2 cm³/mol. The van der Waals surface area contributed by atoms with Crippen LogP contribution in [0.15, 0.2) is 18.2 Å². The molecule has 0 spiro atoms. The van der Waals surface area contributed by atoms with Crippen molar-refractivity contribution in [3.8, 4) is 0 Å². The average molecular weight is 241 g/mol. The summed E-state index contributed by atoms with van der Waals surface area (Å²) in [6, 6.07) is 6.02. The number of hydrogen-bond acceptors (Lipinski definition) is 2. The Morgan fingerprint density at radius 3 is 2.50 bits per heavy atom. The van der Waals surface area contributed by atoms with E-state index in [1.54, 1.807) is 0 Å². The number of hydrogen-bond donors (Lipinski definition) is 1. The lowest BCUT2D eigenvalue weighted by Crippen LogP contribution is -2.30. The highest BCUT2D eigenvalue weighted by Crippen LogP contribution is 2.28. The monoisotopic (exact) mass is 240 g/mol. The van der Waals surface area contributed by atoms with Crippen molar-refractivity contribution < 1.29 is 0 Å². The van der Waals surface area contributed by atoms with Gasteiger partial charge >= 0.3 is 0 Å². The van der Waals surface area contributed by atoms with E-state index in [2.05, 4.69) is 24.1 Å². The first kappa shape index (κ1) is 13.3. The van der Waals surface area contributed by atoms with Crippen LogP contribution >= 0.6 is 11.6 Å². The minimum Gasteiger partial charge on any atom is -0.369 e. The third-order valence-electron chi connectivity index (χ3n) is 3.32. The zero-order valence-electron chi connectivity index (χ0n) is 10.4. The van der Waals surface area contributed by atoms with Gasteiger partial charge in [-0.3, -0.25) is 0 Å². The highest BCUT2D eigenvalue weighted by atomic mass is 35.5. The number of nitrogens with one attached hydrogen (secondary N) is 1. The van der Waals surface area contributed by atoms with Crippen molar-refractivity contribution in [2.75, 3.05) is 17.7 Å². The molecule has 0 bridgehead atoms. The maximum absolute atomic E-state index is 6.06. The number of pyridine rings is 1. The molecule has 0 saturated carbocycles. The third-order valence-corrected chi connectivity index (χ3v) is 3.88. The molecule has 1 aromatic heterocycles. The molecule has 0 amide bonds. The first-order chi connectivity index (χ1) is 7.65. The Kier molecular flexibility index (Phi) is 5.07. The molecule has 1 rings (SSSR count). The number of aryl methyl sites for hydroxylation is 1. The molecule has 1 heterocycles. The molecule has 90 valence electrons. The molecule has 0 aliphatic heterocycles. The first-order valence-corrected chi connectivity index (χ1v) is 6.42. The van der Waals surface area contributed by atoms with Crippen LogP contribution in [0, 0.1) is 12.3 Å². The summed E-state index contributed by atoms with van der Waals surface area (Å²) in [5.74, 6) is 1.63. The second kappa shape index (κ2) is 6.09. The Balaban J connectivity index is 2.62. The molecule has 1 aromatic rings. The molecule has 0 unspecified atom stereocenters. The maximum Gasteiger partial charge on any atom is 0.126 e. The molecule has 2 nitrogen and oxygen atoms in total. The fourth-order valence-corrected chi connectivity index (χ4v) is 2.13. The molecule has 0 fully saturated rings. The normalized spacial score (nSPS) is 11.5. The van der Waals surface area contributed by atoms with Gasteiger partial charge in [0.05, 0.1) is 0 Å². The zero-order chi connectivity index (χ0) is 12.0. The van der Waals surface area contributed by atoms with E-state index in [0.717, 1.165) is 30.9 Å². The number of nitrogens with zero attached hydrogens (tertiary/aromatic N) is 1. The summed E-state index contributed by atoms with van der Waals surface area (Å²) in [6.45, 7) is 7.27. The standard InChI is InChI=1S/C13H21ClN2/c1-4-13(5-2,9-14)10-15-12-8-6-7-11(3)16-12/h6-8H,4-5,9-10H2,1-3H3,(H,15,16). The molecule has 0 aliphatic rings. The number of rotatable bonds is 6. The largest absolute Gasteiger partial charge is 0.369 e. The van der Waals surface area contributed by atoms with Crippen molar-refractivity contribution in [1.82, 2.24) is 4.98 Å². The SMILES string of the molecule is CCC(CC)(CCl)CNc1cccc(C)n1. The molecule has 0 atom stereocenters. The van der Waals surface area contributed by atoms with E-state index in [1.165, 1.54) is 0 Å². The molecule has 16 heavy (non-hydrogen) atoms. The van der Waals surface area contributed by atoms with E-state index >= 15 is 0 Å². The van der Waals surface area contributed by atoms with Gasteiger partial charge in [-0.2, -0.15) is 0 Å². The van der Waals surface area contributed by atoms with Crippen LogP contribution in [0.5, 0.6) is 0 Å². The van der Waals surface area contributed by atoms with E-state index in [9.17, 15) is 0 Å². The van der Waals surface area contributed by atoms with Crippen molar-refractivity contribution in [3.05, 3.63) is 23.9 Å². The van der Waals surface area contributed by atoms with Gasteiger partial charge in [-0.05, 0) is 31.9 Å². The van der Waals surface area contributed by atoms with Crippen LogP contribution in [-0.2, 0) is 0 Å². The highest BCUT2D eigenvalue weighted by Gasteiger charge is 2.24. The summed E-state index contributed by atoms with van der Waals surface area (Å²) in [4.78, 5) is 4.42. The zero-order valence-corrected chi connectivity index (χ0v) is 11.1. The van der Waals surface area contributed by atoms with Crippen molar-refractivity contribution in [3.63, 3.8) is 0 Å². The van der Waals surface area contributed by atoms with Gasteiger partial charge in [0.1, 0.15) is 5.82 Å². The van der Waals surface area contributed by atoms with Crippen LogP contribution in [0.2, 0.25) is 0 Å². The van der Waals surface area contributed by atoms with Gasteiger partial charge in [-0.1, -0.05) is 19.9 Å². The van der Waals surface area contributed by atoms with Crippen LogP contribution in [0.4, 0.5) is 5.82 Å². The summed E-state index contributed by atoms with van der Waals surface area (Å²) >= 11 is 6.06. The van der Waals surface area contributed by atoms with Crippen LogP contribution in [-0.4, -0.2) is 17.4 Å². The average Bonchev–Trinajstić information content (AvgIpc) is 2.32. The quantitative estimate of drug-likeness (QED) is 0.764. The Morgan fingerprint density at radius 2 is 2.00 bits per heavy atom. The number of anilines is 1. The number of alkyl halides is 1. The molecular formula is C13H21ClN2. The minimum atomic E-state index is 0.187. The number of aromatic nitrogens is 1. The van der Waals surface area contributed by atoms with Crippen molar-refractivity contribution >= 4 is 17.4 Å². The van der Waals surface area contributed by atoms with Crippen LogP contribution in [0.1, 0.15) is 32.4 Å². The minimum absolute atomic E-state index is 0.187. The second-order valence-corrected chi connectivity index (χ2v) is 4.63. The molecule has 0 aromatic carbocycles. The van der Waals surface area contributed by atoms with E-state index in [-0.39, 0.29) is 5.41 Å². The highest BCUT2D eigenvalue weighted by molar-refractivity contribution is 6.18. The second-order valence-electron chi connectivity index (χ2n) is 4.36. The summed E-state index contributed by atoms with van der Waals surface area (Å²) in [5.41, 5.74) is 1.22. The smallest absolute Gasteiger partial charge is 0.126 e. The Labute approximate surface area is 103 Å². The van der Waals surface area contributed by atoms with E-state index in [1.807, 2.05) is 25.1 Å². The van der Waals surface area contributed by atoms with E-state index < -0.39 is 0 Å². The fourth-order valence-electron chi connectivity index (χ4n) is 1.66. The van der Waals surface area contributed by atoms with Gasteiger partial charge in [0.15, 0.2) is 0 Å². The first-order valence-electron chi connectivity index (χ1n) is 5.89. The van der Waals surface area contributed by atoms with Crippen molar-refractivity contribution in [2.45, 2.75) is 33.6 Å². The van der Waals surface area contributed by atoms with Crippen molar-refractivity contribution in [1.29, 1.82) is 0 Å². The van der Waals surface area contributed by atoms with Gasteiger partial charge in [0, 0.05) is 23.5 Å².